The van der Waals surface area contributed by atoms with Gasteiger partial charge in [0.05, 0.1) is 6.61 Å². The van der Waals surface area contributed by atoms with Gasteiger partial charge in [-0.1, -0.05) is 22.5 Å². The Kier molecular flexibility index (Phi) is 3.90. The molecule has 0 aromatic rings. The molecule has 1 unspecified atom stereocenters. The highest BCUT2D eigenvalue weighted by Gasteiger charge is 2.24. The number of carbonyl (C=O) groups is 1. The van der Waals surface area contributed by atoms with Crippen molar-refractivity contribution in [2.45, 2.75) is 6.10 Å². The molecule has 0 aromatic heterocycles. The topological polar surface area (TPSA) is 55.6 Å². The number of nitrogens with two attached hydrogens (primary N) is 1. The highest BCUT2D eigenvalue weighted by atomic mass is 79.9. The van der Waals surface area contributed by atoms with Crippen molar-refractivity contribution in [1.82, 2.24) is 4.90 Å². The highest BCUT2D eigenvalue weighted by Crippen LogP contribution is 2.09. The number of carbonyl (C=O) groups excluding carboxylic acids is 1. The van der Waals surface area contributed by atoms with Crippen molar-refractivity contribution in [2.24, 2.45) is 5.73 Å². The molecule has 4 nitrogen and oxygen atoms in total. The normalized spacial score (nSPS) is 24.2. The van der Waals surface area contributed by atoms with Gasteiger partial charge in [-0.05, 0) is 0 Å². The van der Waals surface area contributed by atoms with Gasteiger partial charge in [0.15, 0.2) is 0 Å². The fraction of sp³-hybridized carbons (Fsp3) is 0.625. The van der Waals surface area contributed by atoms with Crippen LogP contribution in [0.25, 0.3) is 0 Å². The fourth-order valence-corrected chi connectivity index (χ4v) is 1.62. The van der Waals surface area contributed by atoms with Gasteiger partial charge in [-0.15, -0.1) is 0 Å². The van der Waals surface area contributed by atoms with E-state index in [-0.39, 0.29) is 0 Å². The molecule has 13 heavy (non-hydrogen) atoms. The first-order valence-corrected chi connectivity index (χ1v) is 4.85. The average Bonchev–Trinajstić information content (AvgIpc) is 2.03. The lowest BCUT2D eigenvalue weighted by atomic mass is 10.2. The lowest BCUT2D eigenvalue weighted by Gasteiger charge is -2.30. The Morgan fingerprint density at radius 3 is 3.00 bits per heavy atom. The second-order valence-electron chi connectivity index (χ2n) is 3.01. The third-order valence-electron chi connectivity index (χ3n) is 1.86. The first-order chi connectivity index (χ1) is 6.09. The van der Waals surface area contributed by atoms with Crippen LogP contribution in [0.4, 0.5) is 0 Å². The molecule has 0 spiro atoms. The van der Waals surface area contributed by atoms with Gasteiger partial charge in [0, 0.05) is 24.1 Å². The minimum absolute atomic E-state index is 0.398. The second-order valence-corrected chi connectivity index (χ2v) is 4.14. The van der Waals surface area contributed by atoms with Crippen molar-refractivity contribution in [2.75, 3.05) is 26.2 Å². The predicted octanol–water partition coefficient (Wildman–Crippen LogP) is 0.0811. The third-order valence-corrected chi connectivity index (χ3v) is 2.11. The summed E-state index contributed by atoms with van der Waals surface area (Å²) in [5.74, 6) is -0.398. The minimum Gasteiger partial charge on any atom is -0.367 e. The van der Waals surface area contributed by atoms with E-state index < -0.39 is 12.0 Å². The maximum Gasteiger partial charge on any atom is 0.247 e. The third kappa shape index (κ3) is 3.46. The summed E-state index contributed by atoms with van der Waals surface area (Å²) in [6, 6.07) is 0. The van der Waals surface area contributed by atoms with E-state index in [2.05, 4.69) is 27.4 Å². The van der Waals surface area contributed by atoms with Crippen molar-refractivity contribution >= 4 is 21.8 Å². The van der Waals surface area contributed by atoms with Crippen molar-refractivity contribution < 1.29 is 9.53 Å². The van der Waals surface area contributed by atoms with Gasteiger partial charge in [-0.3, -0.25) is 9.69 Å². The van der Waals surface area contributed by atoms with Gasteiger partial charge in [0.2, 0.25) is 5.91 Å². The van der Waals surface area contributed by atoms with E-state index in [0.717, 1.165) is 17.6 Å². The summed E-state index contributed by atoms with van der Waals surface area (Å²) in [7, 11) is 0. The molecule has 0 saturated carbocycles. The summed E-state index contributed by atoms with van der Waals surface area (Å²) in [6.45, 7) is 6.39. The van der Waals surface area contributed by atoms with Crippen LogP contribution in [-0.4, -0.2) is 43.2 Å². The van der Waals surface area contributed by atoms with Crippen LogP contribution in [0, 0.1) is 0 Å². The number of rotatable bonds is 3. The SMILES string of the molecule is C=C(Br)CN1CCOC(C(N)=O)C1. The molecule has 1 aliphatic heterocycles. The average molecular weight is 249 g/mol. The van der Waals surface area contributed by atoms with E-state index in [0.29, 0.717) is 13.2 Å². The predicted molar refractivity (Wildman–Crippen MR) is 53.4 cm³/mol. The van der Waals surface area contributed by atoms with E-state index in [1.807, 2.05) is 0 Å². The van der Waals surface area contributed by atoms with E-state index in [1.54, 1.807) is 0 Å². The molecular weight excluding hydrogens is 236 g/mol. The molecule has 1 saturated heterocycles. The van der Waals surface area contributed by atoms with Crippen LogP contribution in [0.15, 0.2) is 11.1 Å². The minimum atomic E-state index is -0.472. The molecule has 0 radical (unpaired) electrons. The number of ether oxygens (including phenoxy) is 1. The van der Waals surface area contributed by atoms with Crippen LogP contribution >= 0.6 is 15.9 Å². The molecule has 2 N–H and O–H groups in total. The summed E-state index contributed by atoms with van der Waals surface area (Å²) >= 11 is 3.27. The number of hydrogen-bond acceptors (Lipinski definition) is 3. The molecule has 1 fully saturated rings. The molecule has 0 aliphatic carbocycles. The van der Waals surface area contributed by atoms with Crippen LogP contribution in [0.5, 0.6) is 0 Å². The Labute approximate surface area is 85.8 Å². The van der Waals surface area contributed by atoms with Crippen molar-refractivity contribution in [3.8, 4) is 0 Å². The summed E-state index contributed by atoms with van der Waals surface area (Å²) < 4.78 is 6.09. The van der Waals surface area contributed by atoms with Crippen molar-refractivity contribution in [3.63, 3.8) is 0 Å². The van der Waals surface area contributed by atoms with E-state index >= 15 is 0 Å². The zero-order valence-electron chi connectivity index (χ0n) is 7.33. The van der Waals surface area contributed by atoms with Gasteiger partial charge in [0.1, 0.15) is 6.10 Å². The largest absolute Gasteiger partial charge is 0.367 e. The maximum atomic E-state index is 10.8. The standard InChI is InChI=1S/C8H13BrN2O2/c1-6(9)4-11-2-3-13-7(5-11)8(10)12/h7H,1-5H2,(H2,10,12). The van der Waals surface area contributed by atoms with Crippen LogP contribution in [-0.2, 0) is 9.53 Å². The molecule has 1 rings (SSSR count). The molecule has 1 atom stereocenters. The summed E-state index contributed by atoms with van der Waals surface area (Å²) in [5, 5.41) is 0. The summed E-state index contributed by atoms with van der Waals surface area (Å²) in [4.78, 5) is 12.9. The first-order valence-electron chi connectivity index (χ1n) is 4.06. The van der Waals surface area contributed by atoms with Crippen LogP contribution in [0.1, 0.15) is 0 Å². The van der Waals surface area contributed by atoms with Gasteiger partial charge in [0.25, 0.3) is 0 Å². The molecule has 5 heteroatoms. The van der Waals surface area contributed by atoms with Crippen LogP contribution in [0.3, 0.4) is 0 Å². The Hall–Kier alpha value is -0.390. The number of morpholine rings is 1. The smallest absolute Gasteiger partial charge is 0.247 e. The van der Waals surface area contributed by atoms with Crippen molar-refractivity contribution in [3.05, 3.63) is 11.1 Å². The zero-order valence-corrected chi connectivity index (χ0v) is 8.92. The molecular formula is C8H13BrN2O2. The van der Waals surface area contributed by atoms with E-state index in [4.69, 9.17) is 10.5 Å². The molecule has 1 amide bonds. The van der Waals surface area contributed by atoms with Crippen LogP contribution < -0.4 is 5.73 Å². The van der Waals surface area contributed by atoms with Gasteiger partial charge in [-0.25, -0.2) is 0 Å². The number of nitrogens with zero attached hydrogens (tertiary/aromatic N) is 1. The Morgan fingerprint density at radius 2 is 2.46 bits per heavy atom. The Morgan fingerprint density at radius 1 is 1.77 bits per heavy atom. The van der Waals surface area contributed by atoms with E-state index in [1.165, 1.54) is 0 Å². The van der Waals surface area contributed by atoms with Gasteiger partial charge < -0.3 is 10.5 Å². The number of halogens is 1. The second kappa shape index (κ2) is 4.74. The van der Waals surface area contributed by atoms with Gasteiger partial charge >= 0.3 is 0 Å². The van der Waals surface area contributed by atoms with Crippen LogP contribution in [0.2, 0.25) is 0 Å². The molecule has 0 bridgehead atoms. The first kappa shape index (κ1) is 10.7. The molecule has 1 aliphatic rings. The Balaban J connectivity index is 2.41. The zero-order chi connectivity index (χ0) is 9.84. The lowest BCUT2D eigenvalue weighted by molar-refractivity contribution is -0.134. The molecule has 74 valence electrons. The summed E-state index contributed by atoms with van der Waals surface area (Å²) in [5.41, 5.74) is 5.14. The number of hydrogen-bond donors (Lipinski definition) is 1. The van der Waals surface area contributed by atoms with Gasteiger partial charge in [-0.2, -0.15) is 0 Å². The molecule has 1 heterocycles. The number of amides is 1. The maximum absolute atomic E-state index is 10.8. The number of primary amides is 1. The molecule has 0 aromatic carbocycles. The summed E-state index contributed by atoms with van der Waals surface area (Å²) in [6.07, 6.45) is -0.472. The lowest BCUT2D eigenvalue weighted by Crippen LogP contribution is -2.48. The monoisotopic (exact) mass is 248 g/mol. The highest BCUT2D eigenvalue weighted by molar-refractivity contribution is 9.11. The Bertz CT molecular complexity index is 220. The quantitative estimate of drug-likeness (QED) is 0.770. The van der Waals surface area contributed by atoms with E-state index in [9.17, 15) is 4.79 Å². The van der Waals surface area contributed by atoms with Crippen molar-refractivity contribution in [1.29, 1.82) is 0 Å². The fourth-order valence-electron chi connectivity index (χ4n) is 1.26.